The molecule has 0 saturated carbocycles. The van der Waals surface area contributed by atoms with Crippen LogP contribution in [0, 0.1) is 5.92 Å². The number of carbonyl (C=O) groups is 1. The first-order chi connectivity index (χ1) is 14.9. The maximum atomic E-state index is 11.1. The van der Waals surface area contributed by atoms with Gasteiger partial charge in [-0.25, -0.2) is 0 Å². The van der Waals surface area contributed by atoms with Crippen molar-refractivity contribution in [1.29, 1.82) is 0 Å². The summed E-state index contributed by atoms with van der Waals surface area (Å²) in [7, 11) is 0. The van der Waals surface area contributed by atoms with Gasteiger partial charge in [-0.1, -0.05) is 44.2 Å². The van der Waals surface area contributed by atoms with E-state index in [9.17, 15) is 4.79 Å². The number of piperidine rings is 1. The summed E-state index contributed by atoms with van der Waals surface area (Å²) in [6, 6.07) is 16.5. The summed E-state index contributed by atoms with van der Waals surface area (Å²) < 4.78 is 12.4. The highest BCUT2D eigenvalue weighted by Gasteiger charge is 2.39. The molecule has 0 amide bonds. The van der Waals surface area contributed by atoms with Crippen molar-refractivity contribution in [3.63, 3.8) is 0 Å². The predicted octanol–water partition coefficient (Wildman–Crippen LogP) is 4.85. The lowest BCUT2D eigenvalue weighted by Crippen LogP contribution is -2.49. The van der Waals surface area contributed by atoms with Gasteiger partial charge in [0.1, 0.15) is 17.1 Å². The molecule has 2 aromatic carbocycles. The average molecular weight is 422 g/mol. The Labute approximate surface area is 184 Å². The van der Waals surface area contributed by atoms with E-state index in [1.165, 1.54) is 5.57 Å². The number of likely N-dealkylation sites (tertiary alicyclic amines) is 1. The third-order valence-electron chi connectivity index (χ3n) is 6.09. The molecule has 164 valence electrons. The monoisotopic (exact) mass is 421 g/mol. The Morgan fingerprint density at radius 2 is 1.84 bits per heavy atom. The van der Waals surface area contributed by atoms with Gasteiger partial charge in [-0.05, 0) is 47.8 Å². The van der Waals surface area contributed by atoms with E-state index in [1.807, 2.05) is 35.2 Å². The van der Waals surface area contributed by atoms with Gasteiger partial charge < -0.3 is 14.6 Å². The maximum absolute atomic E-state index is 11.1. The molecule has 5 heteroatoms. The van der Waals surface area contributed by atoms with Crippen LogP contribution >= 0.6 is 0 Å². The minimum absolute atomic E-state index is 0.0848. The summed E-state index contributed by atoms with van der Waals surface area (Å²) in [5.41, 5.74) is 3.00. The fourth-order valence-corrected chi connectivity index (χ4v) is 4.28. The normalized spacial score (nSPS) is 17.7. The van der Waals surface area contributed by atoms with Gasteiger partial charge in [-0.2, -0.15) is 0 Å². The zero-order chi connectivity index (χ0) is 21.8. The first kappa shape index (κ1) is 21.4. The van der Waals surface area contributed by atoms with Gasteiger partial charge in [0.05, 0.1) is 13.2 Å². The van der Waals surface area contributed by atoms with Crippen molar-refractivity contribution in [3.8, 4) is 11.5 Å². The van der Waals surface area contributed by atoms with Gasteiger partial charge >= 0.3 is 5.97 Å². The number of rotatable bonds is 7. The molecule has 0 bridgehead atoms. The van der Waals surface area contributed by atoms with Gasteiger partial charge in [0, 0.05) is 31.5 Å². The number of fused-ring (bicyclic) bond motifs is 1. The van der Waals surface area contributed by atoms with Gasteiger partial charge in [-0.15, -0.1) is 0 Å². The van der Waals surface area contributed by atoms with Crippen LogP contribution in [0.2, 0.25) is 0 Å². The number of carboxylic acids is 1. The zero-order valence-corrected chi connectivity index (χ0v) is 18.3. The Bertz CT molecular complexity index is 940. The van der Waals surface area contributed by atoms with E-state index in [1.54, 1.807) is 0 Å². The fourth-order valence-electron chi connectivity index (χ4n) is 4.28. The third-order valence-corrected chi connectivity index (χ3v) is 6.09. The van der Waals surface area contributed by atoms with Crippen LogP contribution < -0.4 is 9.47 Å². The summed E-state index contributed by atoms with van der Waals surface area (Å²) in [6.07, 6.45) is 4.84. The van der Waals surface area contributed by atoms with Crippen molar-refractivity contribution >= 4 is 11.5 Å². The highest BCUT2D eigenvalue weighted by Crippen LogP contribution is 2.43. The number of hydrogen-bond donors (Lipinski definition) is 1. The summed E-state index contributed by atoms with van der Waals surface area (Å²) in [5, 5.41) is 9.10. The molecule has 1 N–H and O–H groups in total. The second-order valence-electron chi connectivity index (χ2n) is 8.95. The Balaban J connectivity index is 1.57. The standard InChI is InChI=1S/C26H31NO4/c1-19(2)11-16-30-21-9-7-20(8-10-21)23-17-26(31-24-6-4-3-5-22(23)24)12-14-27(15-13-26)18-25(28)29/h3-10,17,19H,11-16,18H2,1-2H3,(H,28,29). The molecular formula is C26H31NO4. The number of hydrogen-bond acceptors (Lipinski definition) is 4. The first-order valence-corrected chi connectivity index (χ1v) is 11.1. The van der Waals surface area contributed by atoms with Gasteiger partial charge in [0.25, 0.3) is 0 Å². The third kappa shape index (κ3) is 5.10. The van der Waals surface area contributed by atoms with E-state index in [-0.39, 0.29) is 6.54 Å². The molecule has 4 rings (SSSR count). The predicted molar refractivity (Wildman–Crippen MR) is 122 cm³/mol. The second kappa shape index (κ2) is 9.15. The molecule has 2 aromatic rings. The lowest BCUT2D eigenvalue weighted by atomic mass is 9.83. The van der Waals surface area contributed by atoms with E-state index in [4.69, 9.17) is 14.6 Å². The van der Waals surface area contributed by atoms with Crippen LogP contribution in [0.15, 0.2) is 54.6 Å². The fraction of sp³-hybridized carbons (Fsp3) is 0.423. The summed E-state index contributed by atoms with van der Waals surface area (Å²) in [4.78, 5) is 13.0. The summed E-state index contributed by atoms with van der Waals surface area (Å²) in [5.74, 6) is 1.63. The Morgan fingerprint density at radius 1 is 1.13 bits per heavy atom. The van der Waals surface area contributed by atoms with E-state index in [2.05, 4.69) is 38.1 Å². The van der Waals surface area contributed by atoms with Gasteiger partial charge in [-0.3, -0.25) is 9.69 Å². The van der Waals surface area contributed by atoms with E-state index in [0.29, 0.717) is 19.0 Å². The first-order valence-electron chi connectivity index (χ1n) is 11.1. The van der Waals surface area contributed by atoms with E-state index >= 15 is 0 Å². The van der Waals surface area contributed by atoms with Crippen LogP contribution in [0.25, 0.3) is 5.57 Å². The molecule has 1 fully saturated rings. The number of aliphatic carboxylic acids is 1. The maximum Gasteiger partial charge on any atom is 0.317 e. The number of ether oxygens (including phenoxy) is 2. The smallest absolute Gasteiger partial charge is 0.317 e. The van der Waals surface area contributed by atoms with Gasteiger partial charge in [0.15, 0.2) is 0 Å². The molecule has 2 aliphatic heterocycles. The van der Waals surface area contributed by atoms with Crippen LogP contribution in [0.1, 0.15) is 44.2 Å². The van der Waals surface area contributed by atoms with Crippen LogP contribution in [0.3, 0.4) is 0 Å². The molecule has 2 heterocycles. The lowest BCUT2D eigenvalue weighted by molar-refractivity contribution is -0.139. The largest absolute Gasteiger partial charge is 0.494 e. The van der Waals surface area contributed by atoms with Crippen LogP contribution in [0.4, 0.5) is 0 Å². The van der Waals surface area contributed by atoms with Crippen LogP contribution in [-0.4, -0.2) is 47.8 Å². The molecule has 1 spiro atoms. The number of carboxylic acid groups (broad SMARTS) is 1. The minimum Gasteiger partial charge on any atom is -0.494 e. The minimum atomic E-state index is -0.780. The van der Waals surface area contributed by atoms with Gasteiger partial charge in [0.2, 0.25) is 0 Å². The van der Waals surface area contributed by atoms with Crippen molar-refractivity contribution in [2.75, 3.05) is 26.2 Å². The topological polar surface area (TPSA) is 59.0 Å². The van der Waals surface area contributed by atoms with Crippen LogP contribution in [0.5, 0.6) is 11.5 Å². The Hall–Kier alpha value is -2.79. The SMILES string of the molecule is CC(C)CCOc1ccc(C2=CC3(CCN(CC(=O)O)CC3)Oc3ccccc32)cc1. The quantitative estimate of drug-likeness (QED) is 0.692. The zero-order valence-electron chi connectivity index (χ0n) is 18.3. The molecule has 31 heavy (non-hydrogen) atoms. The van der Waals surface area contributed by atoms with Crippen molar-refractivity contribution in [2.45, 2.75) is 38.7 Å². The summed E-state index contributed by atoms with van der Waals surface area (Å²) in [6.45, 7) is 6.63. The molecule has 0 aliphatic carbocycles. The Kier molecular flexibility index (Phi) is 6.33. The molecule has 0 radical (unpaired) electrons. The van der Waals surface area contributed by atoms with Crippen molar-refractivity contribution in [2.24, 2.45) is 5.92 Å². The molecule has 5 nitrogen and oxygen atoms in total. The second-order valence-corrected chi connectivity index (χ2v) is 8.95. The molecule has 1 saturated heterocycles. The Morgan fingerprint density at radius 3 is 2.52 bits per heavy atom. The highest BCUT2D eigenvalue weighted by atomic mass is 16.5. The number of nitrogens with zero attached hydrogens (tertiary/aromatic N) is 1. The number of benzene rings is 2. The molecule has 0 atom stereocenters. The summed E-state index contributed by atoms with van der Waals surface area (Å²) >= 11 is 0. The molecule has 2 aliphatic rings. The van der Waals surface area contributed by atoms with Crippen molar-refractivity contribution in [1.82, 2.24) is 4.90 Å². The van der Waals surface area contributed by atoms with Crippen molar-refractivity contribution < 1.29 is 19.4 Å². The average Bonchev–Trinajstić information content (AvgIpc) is 2.75. The molecule has 0 aromatic heterocycles. The van der Waals surface area contributed by atoms with E-state index < -0.39 is 11.6 Å². The molecular weight excluding hydrogens is 390 g/mol. The van der Waals surface area contributed by atoms with E-state index in [0.717, 1.165) is 48.5 Å². The molecule has 0 unspecified atom stereocenters. The number of para-hydroxylation sites is 1. The highest BCUT2D eigenvalue weighted by molar-refractivity contribution is 5.85. The lowest BCUT2D eigenvalue weighted by Gasteiger charge is -2.42. The van der Waals surface area contributed by atoms with Crippen LogP contribution in [-0.2, 0) is 4.79 Å². The van der Waals surface area contributed by atoms with Crippen molar-refractivity contribution in [3.05, 3.63) is 65.7 Å².